The number of aromatic amines is 1. The largest absolute Gasteiger partial charge is 0.442 e. The number of nitrogens with one attached hydrogen (secondary N) is 2. The van der Waals surface area contributed by atoms with Crippen LogP contribution in [0.25, 0.3) is 0 Å². The van der Waals surface area contributed by atoms with Crippen molar-refractivity contribution in [2.24, 2.45) is 5.73 Å². The van der Waals surface area contributed by atoms with E-state index >= 15 is 4.39 Å². The summed E-state index contributed by atoms with van der Waals surface area (Å²) in [6.45, 7) is 0.171. The van der Waals surface area contributed by atoms with E-state index in [4.69, 9.17) is 26.8 Å². The number of nitrogens with zero attached hydrogens (tertiary/aromatic N) is 4. The highest BCUT2D eigenvalue weighted by atomic mass is 35.5. The number of anilines is 2. The molecule has 0 unspecified atom stereocenters. The quantitative estimate of drug-likeness (QED) is 0.242. The van der Waals surface area contributed by atoms with Gasteiger partial charge in [0.25, 0.3) is 11.8 Å². The van der Waals surface area contributed by atoms with Crippen LogP contribution in [0.3, 0.4) is 0 Å². The molecule has 0 bridgehead atoms. The van der Waals surface area contributed by atoms with Gasteiger partial charge in [0.1, 0.15) is 18.5 Å². The van der Waals surface area contributed by atoms with Crippen molar-refractivity contribution < 1.29 is 37.8 Å². The molecule has 0 aliphatic carbocycles. The number of imide groups is 1. The number of imidazole rings is 1. The Morgan fingerprint density at radius 3 is 2.76 bits per heavy atom. The van der Waals surface area contributed by atoms with E-state index in [-0.39, 0.29) is 68.5 Å². The van der Waals surface area contributed by atoms with E-state index in [9.17, 15) is 24.0 Å². The molecule has 2 fully saturated rings. The Morgan fingerprint density at radius 1 is 1.24 bits per heavy atom. The highest BCUT2D eigenvalue weighted by Crippen LogP contribution is 2.30. The summed E-state index contributed by atoms with van der Waals surface area (Å²) in [6, 6.07) is 6.22. The number of hydrogen-bond acceptors (Lipinski definition) is 10. The maximum Gasteiger partial charge on any atom is 0.414 e. The van der Waals surface area contributed by atoms with Crippen LogP contribution in [0.1, 0.15) is 28.2 Å². The number of hydrogen-bond donors (Lipinski definition) is 3. The van der Waals surface area contributed by atoms with Gasteiger partial charge in [-0.25, -0.2) is 14.2 Å². The molecule has 4 N–H and O–H groups in total. The molecule has 0 radical (unpaired) electrons. The lowest BCUT2D eigenvalue weighted by Crippen LogP contribution is -2.44. The van der Waals surface area contributed by atoms with Crippen LogP contribution in [0.15, 0.2) is 42.9 Å². The molecule has 1 aromatic carbocycles. The van der Waals surface area contributed by atoms with Gasteiger partial charge in [-0.15, -0.1) is 11.3 Å². The van der Waals surface area contributed by atoms with Crippen LogP contribution in [-0.2, 0) is 30.3 Å². The number of thiophene rings is 1. The molecule has 0 spiro atoms. The maximum absolute atomic E-state index is 15.2. The van der Waals surface area contributed by atoms with Crippen molar-refractivity contribution in [2.75, 3.05) is 49.2 Å². The van der Waals surface area contributed by atoms with Crippen molar-refractivity contribution in [1.82, 2.24) is 20.2 Å². The number of benzene rings is 1. The van der Waals surface area contributed by atoms with Crippen molar-refractivity contribution in [3.05, 3.63) is 63.6 Å². The number of halogens is 2. The van der Waals surface area contributed by atoms with Gasteiger partial charge in [0.05, 0.1) is 52.7 Å². The molecule has 17 heteroatoms. The first-order valence-electron chi connectivity index (χ1n) is 14.4. The second-order valence-electron chi connectivity index (χ2n) is 10.5. The number of carbonyl (C=O) groups excluding carboxylic acids is 5. The molecule has 0 saturated carbocycles. The summed E-state index contributed by atoms with van der Waals surface area (Å²) in [5, 5.41) is 2.68. The molecule has 2 aliphatic heterocycles. The van der Waals surface area contributed by atoms with Crippen molar-refractivity contribution in [1.29, 1.82) is 0 Å². The van der Waals surface area contributed by atoms with Gasteiger partial charge in [0, 0.05) is 37.8 Å². The minimum atomic E-state index is -0.963. The number of H-pyrrole nitrogens is 1. The van der Waals surface area contributed by atoms with Crippen LogP contribution in [0.5, 0.6) is 0 Å². The molecule has 2 atom stereocenters. The predicted octanol–water partition coefficient (Wildman–Crippen LogP) is 2.09. The second-order valence-corrected chi connectivity index (χ2v) is 12.2. The molecule has 244 valence electrons. The summed E-state index contributed by atoms with van der Waals surface area (Å²) in [4.78, 5) is 74.5. The monoisotopic (exact) mass is 675 g/mol. The summed E-state index contributed by atoms with van der Waals surface area (Å²) in [6.07, 6.45) is 1.63. The molecule has 4 heterocycles. The third kappa shape index (κ3) is 7.88. The van der Waals surface area contributed by atoms with Gasteiger partial charge >= 0.3 is 6.09 Å². The highest BCUT2D eigenvalue weighted by Gasteiger charge is 2.38. The number of cyclic esters (lactones) is 1. The fraction of sp³-hybridized carbons (Fsp3) is 0.379. The molecular weight excluding hydrogens is 645 g/mol. The molecule has 2 aliphatic rings. The lowest BCUT2D eigenvalue weighted by Gasteiger charge is -2.27. The van der Waals surface area contributed by atoms with Crippen molar-refractivity contribution in [3.8, 4) is 0 Å². The zero-order chi connectivity index (χ0) is 32.8. The smallest absolute Gasteiger partial charge is 0.414 e. The fourth-order valence-corrected chi connectivity index (χ4v) is 5.98. The van der Waals surface area contributed by atoms with Gasteiger partial charge in [0.15, 0.2) is 0 Å². The number of nitrogens with two attached hydrogens (primary N) is 1. The number of morpholine rings is 1. The van der Waals surface area contributed by atoms with Crippen LogP contribution in [0, 0.1) is 5.82 Å². The summed E-state index contributed by atoms with van der Waals surface area (Å²) >= 11 is 7.01. The Bertz CT molecular complexity index is 1600. The Hall–Kier alpha value is -4.38. The number of aromatic nitrogens is 2. The number of rotatable bonds is 12. The van der Waals surface area contributed by atoms with Crippen LogP contribution in [0.4, 0.5) is 20.6 Å². The molecule has 5 amide bonds. The zero-order valence-corrected chi connectivity index (χ0v) is 26.0. The van der Waals surface area contributed by atoms with Gasteiger partial charge in [0.2, 0.25) is 11.8 Å². The topological polar surface area (TPSA) is 180 Å². The molecule has 5 rings (SSSR count). The summed E-state index contributed by atoms with van der Waals surface area (Å²) in [5.41, 5.74) is 6.82. The fourth-order valence-electron chi connectivity index (χ4n) is 4.99. The number of ether oxygens (including phenoxy) is 2. The van der Waals surface area contributed by atoms with Crippen LogP contribution < -0.4 is 20.9 Å². The SMILES string of the molecule is N[C@@H](Cc1c[nH]cn1)C(=O)NCCCC(=O)N(C[C@H]1CN(c2ccc(N3CCOCC3=O)cc2F)C(=O)O1)C(=O)c1ccc(Cl)s1. The third-order valence-electron chi connectivity index (χ3n) is 7.30. The third-order valence-corrected chi connectivity index (χ3v) is 8.52. The van der Waals surface area contributed by atoms with Crippen LogP contribution >= 0.6 is 22.9 Å². The average molecular weight is 676 g/mol. The predicted molar refractivity (Wildman–Crippen MR) is 165 cm³/mol. The first-order chi connectivity index (χ1) is 22.1. The normalized spacial score (nSPS) is 17.2. The Morgan fingerprint density at radius 2 is 2.07 bits per heavy atom. The summed E-state index contributed by atoms with van der Waals surface area (Å²) < 4.78 is 26.1. The molecule has 3 aromatic rings. The molecule has 2 saturated heterocycles. The van der Waals surface area contributed by atoms with E-state index in [2.05, 4.69) is 15.3 Å². The molecule has 2 aromatic heterocycles. The van der Waals surface area contributed by atoms with E-state index < -0.39 is 41.8 Å². The van der Waals surface area contributed by atoms with Gasteiger partial charge in [-0.3, -0.25) is 29.0 Å². The van der Waals surface area contributed by atoms with Gasteiger partial charge < -0.3 is 30.4 Å². The maximum atomic E-state index is 15.2. The lowest BCUT2D eigenvalue weighted by atomic mass is 10.1. The van der Waals surface area contributed by atoms with E-state index in [0.29, 0.717) is 22.3 Å². The lowest BCUT2D eigenvalue weighted by molar-refractivity contribution is -0.130. The minimum Gasteiger partial charge on any atom is -0.442 e. The standard InChI is InChI=1S/C29H31ClFN7O7S/c30-24-6-5-23(46-24)28(42)38(25(39)2-1-7-34-27(41)21(32)10-17-12-33-16-35-17)14-19-13-37(29(43)45-19)22-4-3-18(11-20(22)31)36-8-9-44-15-26(36)40/h3-6,11-12,16,19,21H,1-2,7-10,13-15,32H2,(H,33,35)(H,34,41)/t19-,21+/m1/s1. The Balaban J connectivity index is 1.21. The molecular formula is C29H31ClFN7O7S. The van der Waals surface area contributed by atoms with Gasteiger partial charge in [-0.05, 0) is 36.8 Å². The van der Waals surface area contributed by atoms with E-state index in [1.807, 2.05) is 0 Å². The number of carbonyl (C=O) groups is 5. The van der Waals surface area contributed by atoms with E-state index in [1.165, 1.54) is 35.5 Å². The Labute approximate surface area is 271 Å². The molecule has 14 nitrogen and oxygen atoms in total. The van der Waals surface area contributed by atoms with E-state index in [0.717, 1.165) is 27.2 Å². The average Bonchev–Trinajstić information content (AvgIpc) is 3.79. The van der Waals surface area contributed by atoms with Crippen molar-refractivity contribution in [3.63, 3.8) is 0 Å². The summed E-state index contributed by atoms with van der Waals surface area (Å²) in [5.74, 6) is -2.67. The first-order valence-corrected chi connectivity index (χ1v) is 15.6. The molecule has 46 heavy (non-hydrogen) atoms. The highest BCUT2D eigenvalue weighted by molar-refractivity contribution is 7.18. The first kappa shape index (κ1) is 33.0. The minimum absolute atomic E-state index is 0.0764. The van der Waals surface area contributed by atoms with Crippen molar-refractivity contribution in [2.45, 2.75) is 31.4 Å². The summed E-state index contributed by atoms with van der Waals surface area (Å²) in [7, 11) is 0. The van der Waals surface area contributed by atoms with Gasteiger partial charge in [-0.2, -0.15) is 0 Å². The van der Waals surface area contributed by atoms with Crippen molar-refractivity contribution >= 4 is 64.0 Å². The van der Waals surface area contributed by atoms with Gasteiger partial charge in [-0.1, -0.05) is 11.6 Å². The zero-order valence-electron chi connectivity index (χ0n) is 24.4. The van der Waals surface area contributed by atoms with Crippen LogP contribution in [0.2, 0.25) is 4.34 Å². The second kappa shape index (κ2) is 14.8. The Kier molecular flexibility index (Phi) is 10.6. The van der Waals surface area contributed by atoms with Crippen LogP contribution in [-0.4, -0.2) is 96.1 Å². The number of amides is 5. The van der Waals surface area contributed by atoms with E-state index in [1.54, 1.807) is 6.20 Å².